The first-order valence-corrected chi connectivity index (χ1v) is 7.34. The molecule has 2 saturated heterocycles. The van der Waals surface area contributed by atoms with Gasteiger partial charge in [-0.25, -0.2) is 0 Å². The molecule has 1 atom stereocenters. The summed E-state index contributed by atoms with van der Waals surface area (Å²) in [5, 5.41) is 6.62. The number of aromatic nitrogens is 1. The minimum Gasteiger partial charge on any atom is -0.360 e. The van der Waals surface area contributed by atoms with Crippen LogP contribution in [0.2, 0.25) is 0 Å². The Morgan fingerprint density at radius 3 is 2.76 bits per heavy atom. The van der Waals surface area contributed by atoms with Gasteiger partial charge in [0.15, 0.2) is 5.76 Å². The van der Waals surface area contributed by atoms with E-state index < -0.39 is 0 Å². The van der Waals surface area contributed by atoms with Crippen molar-refractivity contribution < 1.29 is 14.1 Å². The summed E-state index contributed by atoms with van der Waals surface area (Å²) in [5.74, 6) is 0.888. The normalized spacial score (nSPS) is 23.4. The average Bonchev–Trinajstić information content (AvgIpc) is 3.08. The summed E-state index contributed by atoms with van der Waals surface area (Å²) in [7, 11) is 0. The topological polar surface area (TPSA) is 78.7 Å². The Bertz CT molecular complexity index is 534. The van der Waals surface area contributed by atoms with Crippen molar-refractivity contribution in [3.05, 3.63) is 17.5 Å². The zero-order chi connectivity index (χ0) is 14.8. The molecule has 2 fully saturated rings. The van der Waals surface area contributed by atoms with E-state index in [1.54, 1.807) is 0 Å². The van der Waals surface area contributed by atoms with E-state index in [4.69, 9.17) is 4.52 Å². The van der Waals surface area contributed by atoms with Gasteiger partial charge in [0.25, 0.3) is 0 Å². The van der Waals surface area contributed by atoms with Crippen LogP contribution in [-0.2, 0) is 16.1 Å². The lowest BCUT2D eigenvalue weighted by atomic mass is 10.2. The van der Waals surface area contributed by atoms with E-state index in [0.29, 0.717) is 25.9 Å². The molecule has 0 spiro atoms. The highest BCUT2D eigenvalue weighted by Crippen LogP contribution is 2.13. The Kier molecular flexibility index (Phi) is 3.92. The first-order chi connectivity index (χ1) is 10.1. The summed E-state index contributed by atoms with van der Waals surface area (Å²) >= 11 is 0. The molecule has 7 heteroatoms. The van der Waals surface area contributed by atoms with Gasteiger partial charge in [-0.2, -0.15) is 0 Å². The van der Waals surface area contributed by atoms with Crippen molar-refractivity contribution in [1.29, 1.82) is 0 Å². The summed E-state index contributed by atoms with van der Waals surface area (Å²) in [5.41, 5.74) is 0.885. The van der Waals surface area contributed by atoms with E-state index in [0.717, 1.165) is 31.1 Å². The van der Waals surface area contributed by atoms with Gasteiger partial charge in [0.05, 0.1) is 12.2 Å². The number of carbonyl (C=O) groups is 2. The predicted octanol–water partition coefficient (Wildman–Crippen LogP) is -0.0942. The Labute approximate surface area is 123 Å². The monoisotopic (exact) mass is 292 g/mol. The van der Waals surface area contributed by atoms with E-state index in [2.05, 4.69) is 15.4 Å². The molecule has 1 N–H and O–H groups in total. The molecule has 0 saturated carbocycles. The van der Waals surface area contributed by atoms with Crippen LogP contribution in [0.5, 0.6) is 0 Å². The number of hydrogen-bond acceptors (Lipinski definition) is 5. The highest BCUT2D eigenvalue weighted by Gasteiger charge is 2.32. The Morgan fingerprint density at radius 2 is 2.19 bits per heavy atom. The van der Waals surface area contributed by atoms with Gasteiger partial charge in [-0.3, -0.25) is 14.5 Å². The van der Waals surface area contributed by atoms with Crippen molar-refractivity contribution in [2.75, 3.05) is 26.2 Å². The maximum absolute atomic E-state index is 12.3. The molecule has 21 heavy (non-hydrogen) atoms. The van der Waals surface area contributed by atoms with Gasteiger partial charge in [0.2, 0.25) is 11.8 Å². The molecule has 0 unspecified atom stereocenters. The van der Waals surface area contributed by atoms with Gasteiger partial charge in [0.1, 0.15) is 6.04 Å². The highest BCUT2D eigenvalue weighted by molar-refractivity contribution is 5.90. The van der Waals surface area contributed by atoms with Crippen molar-refractivity contribution in [3.63, 3.8) is 0 Å². The predicted molar refractivity (Wildman–Crippen MR) is 74.3 cm³/mol. The molecule has 1 aromatic heterocycles. The highest BCUT2D eigenvalue weighted by atomic mass is 16.5. The molecule has 1 aromatic rings. The van der Waals surface area contributed by atoms with Crippen LogP contribution < -0.4 is 5.32 Å². The van der Waals surface area contributed by atoms with Crippen LogP contribution >= 0.6 is 0 Å². The third-order valence-electron chi connectivity index (χ3n) is 4.03. The fourth-order valence-corrected chi connectivity index (χ4v) is 2.86. The number of nitrogens with zero attached hydrogens (tertiary/aromatic N) is 3. The summed E-state index contributed by atoms with van der Waals surface area (Å²) in [4.78, 5) is 27.6. The van der Waals surface area contributed by atoms with Gasteiger partial charge < -0.3 is 14.7 Å². The zero-order valence-electron chi connectivity index (χ0n) is 12.2. The molecule has 114 valence electrons. The van der Waals surface area contributed by atoms with E-state index in [1.165, 1.54) is 0 Å². The quantitative estimate of drug-likeness (QED) is 0.842. The largest absolute Gasteiger partial charge is 0.360 e. The summed E-state index contributed by atoms with van der Waals surface area (Å²) in [6.45, 7) is 5.64. The number of hydrogen-bond donors (Lipinski definition) is 1. The second-order valence-electron chi connectivity index (χ2n) is 5.69. The number of piperazine rings is 1. The number of rotatable bonds is 3. The van der Waals surface area contributed by atoms with Gasteiger partial charge >= 0.3 is 0 Å². The number of aryl methyl sites for hydroxylation is 1. The van der Waals surface area contributed by atoms with Crippen LogP contribution in [0.3, 0.4) is 0 Å². The van der Waals surface area contributed by atoms with Crippen LogP contribution in [0.15, 0.2) is 10.6 Å². The molecule has 2 amide bonds. The first kappa shape index (κ1) is 14.1. The van der Waals surface area contributed by atoms with Crippen LogP contribution in [0.4, 0.5) is 0 Å². The van der Waals surface area contributed by atoms with Gasteiger partial charge in [-0.1, -0.05) is 5.16 Å². The maximum atomic E-state index is 12.3. The lowest BCUT2D eigenvalue weighted by molar-refractivity contribution is -0.136. The van der Waals surface area contributed by atoms with Crippen molar-refractivity contribution in [2.45, 2.75) is 32.4 Å². The van der Waals surface area contributed by atoms with Crippen LogP contribution in [0, 0.1) is 6.92 Å². The van der Waals surface area contributed by atoms with Crippen molar-refractivity contribution in [3.8, 4) is 0 Å². The Morgan fingerprint density at radius 1 is 1.43 bits per heavy atom. The summed E-state index contributed by atoms with van der Waals surface area (Å²) < 4.78 is 5.21. The Hall–Kier alpha value is -1.89. The van der Waals surface area contributed by atoms with Gasteiger partial charge in [-0.15, -0.1) is 0 Å². The van der Waals surface area contributed by atoms with Crippen LogP contribution in [-0.4, -0.2) is 59.0 Å². The van der Waals surface area contributed by atoms with E-state index in [1.807, 2.05) is 17.9 Å². The summed E-state index contributed by atoms with van der Waals surface area (Å²) in [6.07, 6.45) is 1.08. The zero-order valence-corrected chi connectivity index (χ0v) is 12.2. The first-order valence-electron chi connectivity index (χ1n) is 7.34. The second-order valence-corrected chi connectivity index (χ2v) is 5.69. The molecule has 2 aliphatic heterocycles. The van der Waals surface area contributed by atoms with Crippen LogP contribution in [0.25, 0.3) is 0 Å². The minimum atomic E-state index is -0.319. The number of nitrogens with one attached hydrogen (secondary N) is 1. The average molecular weight is 292 g/mol. The molecular formula is C14H20N4O3. The fourth-order valence-electron chi connectivity index (χ4n) is 2.86. The standard InChI is InChI=1S/C14H20N4O3/c1-10-8-11(21-16-10)9-17-4-6-18(7-5-17)14(20)12-2-3-13(19)15-12/h8,12H,2-7,9H2,1H3,(H,15,19)/t12-/m1/s1. The molecule has 0 bridgehead atoms. The smallest absolute Gasteiger partial charge is 0.245 e. The molecular weight excluding hydrogens is 272 g/mol. The van der Waals surface area contributed by atoms with E-state index in [9.17, 15) is 9.59 Å². The van der Waals surface area contributed by atoms with E-state index in [-0.39, 0.29) is 17.9 Å². The van der Waals surface area contributed by atoms with Crippen LogP contribution in [0.1, 0.15) is 24.3 Å². The number of amides is 2. The van der Waals surface area contributed by atoms with Crippen molar-refractivity contribution in [2.24, 2.45) is 0 Å². The molecule has 2 aliphatic rings. The molecule has 7 nitrogen and oxygen atoms in total. The second kappa shape index (κ2) is 5.85. The van der Waals surface area contributed by atoms with E-state index >= 15 is 0 Å². The van der Waals surface area contributed by atoms with Gasteiger partial charge in [0, 0.05) is 38.7 Å². The third kappa shape index (κ3) is 3.24. The maximum Gasteiger partial charge on any atom is 0.245 e. The third-order valence-corrected chi connectivity index (χ3v) is 4.03. The number of carbonyl (C=O) groups excluding carboxylic acids is 2. The lowest BCUT2D eigenvalue weighted by Crippen LogP contribution is -2.53. The fraction of sp³-hybridized carbons (Fsp3) is 0.643. The molecule has 0 radical (unpaired) electrons. The van der Waals surface area contributed by atoms with Gasteiger partial charge in [-0.05, 0) is 13.3 Å². The minimum absolute atomic E-state index is 0.0207. The molecule has 0 aromatic carbocycles. The van der Waals surface area contributed by atoms with Crippen molar-refractivity contribution in [1.82, 2.24) is 20.3 Å². The molecule has 3 heterocycles. The Balaban J connectivity index is 1.48. The summed E-state index contributed by atoms with van der Waals surface area (Å²) in [6, 6.07) is 1.62. The molecule has 3 rings (SSSR count). The SMILES string of the molecule is Cc1cc(CN2CCN(C(=O)[C@H]3CCC(=O)N3)CC2)on1. The van der Waals surface area contributed by atoms with Crippen molar-refractivity contribution >= 4 is 11.8 Å². The lowest BCUT2D eigenvalue weighted by Gasteiger charge is -2.35. The molecule has 0 aliphatic carbocycles.